The summed E-state index contributed by atoms with van der Waals surface area (Å²) < 4.78 is 39.2. The van der Waals surface area contributed by atoms with Crippen LogP contribution in [0, 0.1) is 5.92 Å². The Bertz CT molecular complexity index is 1050. The van der Waals surface area contributed by atoms with Gasteiger partial charge in [-0.15, -0.1) is 0 Å². The van der Waals surface area contributed by atoms with E-state index in [1.165, 1.54) is 17.0 Å². The van der Waals surface area contributed by atoms with Crippen LogP contribution in [0.5, 0.6) is 0 Å². The molecular weight excluding hydrogens is 443 g/mol. The molecule has 1 aliphatic rings. The van der Waals surface area contributed by atoms with Crippen LogP contribution in [0.1, 0.15) is 62.6 Å². The molecule has 0 bridgehead atoms. The zero-order valence-corrected chi connectivity index (χ0v) is 19.7. The number of fused-ring (bicyclic) bond motifs is 1. The third-order valence-electron chi connectivity index (χ3n) is 6.13. The summed E-state index contributed by atoms with van der Waals surface area (Å²) in [4.78, 5) is 32.2. The summed E-state index contributed by atoms with van der Waals surface area (Å²) in [5.41, 5.74) is 1.18. The summed E-state index contributed by atoms with van der Waals surface area (Å²) in [6.07, 6.45) is -1.27. The Labute approximate surface area is 198 Å². The molecule has 0 spiro atoms. The Kier molecular flexibility index (Phi) is 8.12. The summed E-state index contributed by atoms with van der Waals surface area (Å²) in [5.74, 6) is -0.891. The van der Waals surface area contributed by atoms with Gasteiger partial charge in [0.1, 0.15) is 0 Å². The Hall–Kier alpha value is -3.16. The van der Waals surface area contributed by atoms with Crippen LogP contribution in [0.15, 0.2) is 53.5 Å². The lowest BCUT2D eigenvalue weighted by molar-refractivity contribution is -0.137. The second kappa shape index (κ2) is 10.8. The molecule has 2 aromatic carbocycles. The van der Waals surface area contributed by atoms with E-state index in [1.54, 1.807) is 31.3 Å². The molecular formula is C26H30F3N3O2. The molecule has 0 aromatic heterocycles. The predicted molar refractivity (Wildman–Crippen MR) is 127 cm³/mol. The molecule has 1 heterocycles. The van der Waals surface area contributed by atoms with Crippen LogP contribution >= 0.6 is 0 Å². The number of benzene rings is 2. The molecule has 1 aliphatic heterocycles. The molecule has 0 fully saturated rings. The lowest BCUT2D eigenvalue weighted by atomic mass is 9.97. The number of benzodiazepines with no additional fused rings is 1. The number of unbranched alkanes of at least 4 members (excludes halogenated alkanes) is 2. The number of anilines is 1. The first-order valence-electron chi connectivity index (χ1n) is 11.6. The number of amides is 2. The van der Waals surface area contributed by atoms with Gasteiger partial charge >= 0.3 is 6.18 Å². The van der Waals surface area contributed by atoms with Gasteiger partial charge in [-0.25, -0.2) is 4.99 Å². The van der Waals surface area contributed by atoms with Gasteiger partial charge in [0.25, 0.3) is 5.91 Å². The molecule has 2 aromatic rings. The van der Waals surface area contributed by atoms with Gasteiger partial charge in [-0.2, -0.15) is 13.2 Å². The van der Waals surface area contributed by atoms with Crippen molar-refractivity contribution in [1.29, 1.82) is 0 Å². The van der Waals surface area contributed by atoms with Gasteiger partial charge < -0.3 is 10.2 Å². The SMILES string of the molecule is CCCCC[C@@H](CC)C(=O)NC1N=C(c2ccc(C(F)(F)F)cc2)c2ccccc2N(C)C1=O. The predicted octanol–water partition coefficient (Wildman–Crippen LogP) is 5.57. The van der Waals surface area contributed by atoms with Crippen LogP contribution < -0.4 is 10.2 Å². The standard InChI is InChI=1S/C26H30F3N3O2/c1-4-6-7-10-17(5-2)24(33)31-23-25(34)32(3)21-12-9-8-11-20(21)22(30-23)18-13-15-19(16-14-18)26(27,28)29/h8-9,11-17,23H,4-7,10H2,1-3H3,(H,31,33)/t17-,23?/m1/s1. The van der Waals surface area contributed by atoms with Gasteiger partial charge in [0, 0.05) is 24.1 Å². The van der Waals surface area contributed by atoms with Crippen molar-refractivity contribution in [3.63, 3.8) is 0 Å². The first kappa shape index (κ1) is 25.5. The Morgan fingerprint density at radius 3 is 2.38 bits per heavy atom. The molecule has 1 N–H and O–H groups in total. The number of hydrogen-bond acceptors (Lipinski definition) is 3. The highest BCUT2D eigenvalue weighted by molar-refractivity contribution is 6.20. The lowest BCUT2D eigenvalue weighted by Gasteiger charge is -2.22. The number of nitrogens with one attached hydrogen (secondary N) is 1. The Morgan fingerprint density at radius 2 is 1.76 bits per heavy atom. The van der Waals surface area contributed by atoms with E-state index in [2.05, 4.69) is 17.2 Å². The van der Waals surface area contributed by atoms with E-state index in [4.69, 9.17) is 0 Å². The highest BCUT2D eigenvalue weighted by Gasteiger charge is 2.33. The third kappa shape index (κ3) is 5.66. The maximum Gasteiger partial charge on any atom is 0.416 e. The fourth-order valence-electron chi connectivity index (χ4n) is 4.08. The van der Waals surface area contributed by atoms with Gasteiger partial charge in [-0.1, -0.05) is 63.4 Å². The summed E-state index contributed by atoms with van der Waals surface area (Å²) >= 11 is 0. The lowest BCUT2D eigenvalue weighted by Crippen LogP contribution is -2.47. The Balaban J connectivity index is 1.99. The summed E-state index contributed by atoms with van der Waals surface area (Å²) in [6.45, 7) is 4.03. The number of aliphatic imine (C=N–C) groups is 1. The average molecular weight is 474 g/mol. The minimum atomic E-state index is -4.46. The molecule has 182 valence electrons. The van der Waals surface area contributed by atoms with Crippen molar-refractivity contribution in [1.82, 2.24) is 5.32 Å². The summed E-state index contributed by atoms with van der Waals surface area (Å²) in [7, 11) is 1.60. The monoisotopic (exact) mass is 473 g/mol. The van der Waals surface area contributed by atoms with Gasteiger partial charge in [-0.05, 0) is 31.0 Å². The van der Waals surface area contributed by atoms with E-state index in [0.29, 0.717) is 28.9 Å². The zero-order valence-electron chi connectivity index (χ0n) is 19.7. The second-order valence-corrected chi connectivity index (χ2v) is 8.48. The smallest absolute Gasteiger partial charge is 0.326 e. The molecule has 0 saturated carbocycles. The fourth-order valence-corrected chi connectivity index (χ4v) is 4.08. The van der Waals surface area contributed by atoms with E-state index >= 15 is 0 Å². The number of likely N-dealkylation sites (N-methyl/N-ethyl adjacent to an activating group) is 1. The van der Waals surface area contributed by atoms with Gasteiger partial charge in [0.15, 0.2) is 0 Å². The molecule has 2 atom stereocenters. The van der Waals surface area contributed by atoms with E-state index in [0.717, 1.165) is 37.8 Å². The number of halogens is 3. The van der Waals surface area contributed by atoms with E-state index in [1.807, 2.05) is 6.92 Å². The number of nitrogens with zero attached hydrogens (tertiary/aromatic N) is 2. The topological polar surface area (TPSA) is 61.8 Å². The first-order chi connectivity index (χ1) is 16.2. The Morgan fingerprint density at radius 1 is 1.09 bits per heavy atom. The van der Waals surface area contributed by atoms with Crippen molar-refractivity contribution < 1.29 is 22.8 Å². The molecule has 1 unspecified atom stereocenters. The van der Waals surface area contributed by atoms with Gasteiger partial charge in [0.05, 0.1) is 17.0 Å². The van der Waals surface area contributed by atoms with E-state index in [9.17, 15) is 22.8 Å². The van der Waals surface area contributed by atoms with Crippen molar-refractivity contribution in [2.24, 2.45) is 10.9 Å². The zero-order chi connectivity index (χ0) is 24.9. The molecule has 0 saturated heterocycles. The van der Waals surface area contributed by atoms with Crippen molar-refractivity contribution in [2.75, 3.05) is 11.9 Å². The largest absolute Gasteiger partial charge is 0.416 e. The van der Waals surface area contributed by atoms with Gasteiger partial charge in [0.2, 0.25) is 12.1 Å². The highest BCUT2D eigenvalue weighted by atomic mass is 19.4. The maximum atomic E-state index is 13.2. The number of rotatable bonds is 8. The van der Waals surface area contributed by atoms with Crippen molar-refractivity contribution >= 4 is 23.2 Å². The van der Waals surface area contributed by atoms with Crippen molar-refractivity contribution in [3.8, 4) is 0 Å². The molecule has 0 radical (unpaired) electrons. The quantitative estimate of drug-likeness (QED) is 0.510. The van der Waals surface area contributed by atoms with E-state index < -0.39 is 23.8 Å². The van der Waals surface area contributed by atoms with Crippen LogP contribution in [0.25, 0.3) is 0 Å². The first-order valence-corrected chi connectivity index (χ1v) is 11.6. The van der Waals surface area contributed by atoms with Crippen LogP contribution in [-0.2, 0) is 15.8 Å². The number of para-hydroxylation sites is 1. The highest BCUT2D eigenvalue weighted by Crippen LogP contribution is 2.31. The van der Waals surface area contributed by atoms with Crippen molar-refractivity contribution in [2.45, 2.75) is 58.3 Å². The summed E-state index contributed by atoms with van der Waals surface area (Å²) in [5, 5.41) is 2.79. The van der Waals surface area contributed by atoms with Crippen LogP contribution in [0.4, 0.5) is 18.9 Å². The number of carbonyl (C=O) groups is 2. The summed E-state index contributed by atoms with van der Waals surface area (Å²) in [6, 6.07) is 11.7. The van der Waals surface area contributed by atoms with Gasteiger partial charge in [-0.3, -0.25) is 9.59 Å². The maximum absolute atomic E-state index is 13.2. The van der Waals surface area contributed by atoms with Crippen LogP contribution in [0.3, 0.4) is 0 Å². The van der Waals surface area contributed by atoms with Crippen LogP contribution in [-0.4, -0.2) is 30.7 Å². The third-order valence-corrected chi connectivity index (χ3v) is 6.13. The van der Waals surface area contributed by atoms with Crippen molar-refractivity contribution in [3.05, 3.63) is 65.2 Å². The fraction of sp³-hybridized carbons (Fsp3) is 0.423. The molecule has 5 nitrogen and oxygen atoms in total. The normalized spacial score (nSPS) is 17.0. The molecule has 0 aliphatic carbocycles. The molecule has 34 heavy (non-hydrogen) atoms. The molecule has 3 rings (SSSR count). The number of carbonyl (C=O) groups excluding carboxylic acids is 2. The molecule has 8 heteroatoms. The minimum absolute atomic E-state index is 0.236. The average Bonchev–Trinajstić information content (AvgIpc) is 2.92. The van der Waals surface area contributed by atoms with Crippen LogP contribution in [0.2, 0.25) is 0 Å². The second-order valence-electron chi connectivity index (χ2n) is 8.48. The number of hydrogen-bond donors (Lipinski definition) is 1. The number of alkyl halides is 3. The van der Waals surface area contributed by atoms with E-state index in [-0.39, 0.29) is 11.8 Å². The molecule has 2 amide bonds. The minimum Gasteiger partial charge on any atom is -0.326 e.